The average Bonchev–Trinajstić information content (AvgIpc) is 2.60. The molecule has 0 nitrogen and oxygen atoms in total. The van der Waals surface area contributed by atoms with Gasteiger partial charge in [0.25, 0.3) is 0 Å². The summed E-state index contributed by atoms with van der Waals surface area (Å²) in [6.07, 6.45) is 11.8. The predicted molar refractivity (Wildman–Crippen MR) is 104 cm³/mol. The third-order valence-electron chi connectivity index (χ3n) is 4.84. The lowest BCUT2D eigenvalue weighted by atomic mass is 9.89. The molecule has 0 saturated heterocycles. The number of hydrogen-bond donors (Lipinski definition) is 0. The Balaban J connectivity index is 1.77. The van der Waals surface area contributed by atoms with Crippen molar-refractivity contribution in [3.63, 3.8) is 0 Å². The van der Waals surface area contributed by atoms with E-state index in [1.807, 2.05) is 0 Å². The zero-order chi connectivity index (χ0) is 16.3. The molecule has 23 heavy (non-hydrogen) atoms. The topological polar surface area (TPSA) is 0 Å². The van der Waals surface area contributed by atoms with Crippen LogP contribution in [0.3, 0.4) is 0 Å². The normalized spacial score (nSPS) is 12.2. The SMILES string of the molecule is CCC(CCCCCCCCC#[Si])c1ccc2ccccc2c1. The van der Waals surface area contributed by atoms with E-state index in [4.69, 9.17) is 0 Å². The van der Waals surface area contributed by atoms with Gasteiger partial charge >= 0.3 is 0 Å². The van der Waals surface area contributed by atoms with E-state index in [1.54, 1.807) is 0 Å². The van der Waals surface area contributed by atoms with Gasteiger partial charge in [0, 0.05) is 16.1 Å². The monoisotopic (exact) mass is 321 g/mol. The van der Waals surface area contributed by atoms with E-state index >= 15 is 0 Å². The highest BCUT2D eigenvalue weighted by Crippen LogP contribution is 2.28. The smallest absolute Gasteiger partial charge is 0.0403 e. The zero-order valence-corrected chi connectivity index (χ0v) is 15.5. The second kappa shape index (κ2) is 10.5. The molecule has 0 bridgehead atoms. The van der Waals surface area contributed by atoms with Crippen LogP contribution < -0.4 is 0 Å². The standard InChI is InChI=1S/C22H29Si/c1-2-19(12-8-6-4-3-5-7-11-17-23)22-16-15-20-13-9-10-14-21(20)18-22/h9-10,13-16,18-19H,2-8,11-12H2,1H3. The Labute approximate surface area is 145 Å². The van der Waals surface area contributed by atoms with E-state index in [0.717, 1.165) is 12.3 Å². The van der Waals surface area contributed by atoms with Crippen LogP contribution in [0.4, 0.5) is 0 Å². The molecule has 0 amide bonds. The summed E-state index contributed by atoms with van der Waals surface area (Å²) in [6.45, 7) is 2.33. The molecule has 2 rings (SSSR count). The van der Waals surface area contributed by atoms with Gasteiger partial charge in [-0.1, -0.05) is 81.5 Å². The quantitative estimate of drug-likeness (QED) is 0.342. The molecular weight excluding hydrogens is 292 g/mol. The largest absolute Gasteiger partial charge is 0.135 e. The Morgan fingerprint density at radius 3 is 2.30 bits per heavy atom. The second-order valence-electron chi connectivity index (χ2n) is 6.55. The van der Waals surface area contributed by atoms with Crippen molar-refractivity contribution in [2.45, 2.75) is 70.6 Å². The molecule has 0 N–H and O–H groups in total. The molecule has 0 aliphatic rings. The Bertz CT molecular complexity index is 623. The molecule has 0 aliphatic heterocycles. The van der Waals surface area contributed by atoms with Crippen LogP contribution in [0, 0.1) is 5.50 Å². The summed E-state index contributed by atoms with van der Waals surface area (Å²) >= 11 is 0. The number of hydrogen-bond acceptors (Lipinski definition) is 0. The fourth-order valence-electron chi connectivity index (χ4n) is 3.38. The van der Waals surface area contributed by atoms with E-state index in [-0.39, 0.29) is 0 Å². The van der Waals surface area contributed by atoms with E-state index in [9.17, 15) is 0 Å². The fourth-order valence-corrected chi connectivity index (χ4v) is 3.56. The van der Waals surface area contributed by atoms with Gasteiger partial charge in [-0.2, -0.15) is 0 Å². The Morgan fingerprint density at radius 1 is 0.870 bits per heavy atom. The van der Waals surface area contributed by atoms with Gasteiger partial charge in [0.05, 0.1) is 0 Å². The van der Waals surface area contributed by atoms with Crippen molar-refractivity contribution in [1.29, 1.82) is 0 Å². The number of rotatable bonds is 10. The van der Waals surface area contributed by atoms with E-state index in [0.29, 0.717) is 0 Å². The molecule has 0 fully saturated rings. The van der Waals surface area contributed by atoms with Gasteiger partial charge in [-0.15, -0.1) is 5.50 Å². The summed E-state index contributed by atoms with van der Waals surface area (Å²) < 4.78 is 0. The van der Waals surface area contributed by atoms with Crippen molar-refractivity contribution in [3.8, 4) is 5.50 Å². The first-order valence-electron chi connectivity index (χ1n) is 9.23. The van der Waals surface area contributed by atoms with Crippen LogP contribution in [0.25, 0.3) is 10.8 Å². The molecular formula is C22H29Si. The summed E-state index contributed by atoms with van der Waals surface area (Å²) in [7, 11) is 3.30. The highest BCUT2D eigenvalue weighted by Gasteiger charge is 2.09. The van der Waals surface area contributed by atoms with Gasteiger partial charge in [0.2, 0.25) is 0 Å². The number of fused-ring (bicyclic) bond motifs is 1. The van der Waals surface area contributed by atoms with Crippen LogP contribution in [0.2, 0.25) is 0 Å². The summed E-state index contributed by atoms with van der Waals surface area (Å²) in [5.41, 5.74) is 4.55. The minimum Gasteiger partial charge on any atom is -0.135 e. The second-order valence-corrected chi connectivity index (χ2v) is 6.90. The van der Waals surface area contributed by atoms with E-state index < -0.39 is 0 Å². The van der Waals surface area contributed by atoms with Crippen molar-refractivity contribution >= 4 is 20.5 Å². The van der Waals surface area contributed by atoms with Gasteiger partial charge in [-0.05, 0) is 41.5 Å². The summed E-state index contributed by atoms with van der Waals surface area (Å²) in [5, 5.41) is 2.73. The van der Waals surface area contributed by atoms with Crippen LogP contribution in [0.5, 0.6) is 0 Å². The zero-order valence-electron chi connectivity index (χ0n) is 14.5. The van der Waals surface area contributed by atoms with Crippen molar-refractivity contribution in [1.82, 2.24) is 0 Å². The molecule has 2 aromatic rings. The number of unbranched alkanes of at least 4 members (excludes halogenated alkanes) is 6. The number of benzene rings is 2. The lowest BCUT2D eigenvalue weighted by Crippen LogP contribution is -1.97. The predicted octanol–water partition coefficient (Wildman–Crippen LogP) is 6.58. The summed E-state index contributed by atoms with van der Waals surface area (Å²) in [6, 6.07) is 15.7. The molecule has 121 valence electrons. The maximum Gasteiger partial charge on any atom is 0.0403 e. The van der Waals surface area contributed by atoms with Gasteiger partial charge < -0.3 is 0 Å². The first-order chi connectivity index (χ1) is 11.3. The molecule has 0 heterocycles. The van der Waals surface area contributed by atoms with E-state index in [2.05, 4.69) is 64.6 Å². The van der Waals surface area contributed by atoms with E-state index in [1.165, 1.54) is 67.7 Å². The third kappa shape index (κ3) is 6.01. The van der Waals surface area contributed by atoms with Gasteiger partial charge in [0.1, 0.15) is 0 Å². The van der Waals surface area contributed by atoms with Gasteiger partial charge in [-0.3, -0.25) is 0 Å². The van der Waals surface area contributed by atoms with Crippen LogP contribution in [0.1, 0.15) is 76.2 Å². The third-order valence-corrected chi connectivity index (χ3v) is 5.09. The molecule has 1 atom stereocenters. The molecule has 1 unspecified atom stereocenters. The maximum absolute atomic E-state index is 3.30. The molecule has 0 aromatic heterocycles. The maximum atomic E-state index is 3.30. The van der Waals surface area contributed by atoms with Crippen molar-refractivity contribution < 1.29 is 0 Å². The Morgan fingerprint density at radius 2 is 1.57 bits per heavy atom. The Hall–Kier alpha value is -1.30. The Kier molecular flexibility index (Phi) is 8.21. The summed E-state index contributed by atoms with van der Waals surface area (Å²) in [4.78, 5) is 0. The van der Waals surface area contributed by atoms with Crippen LogP contribution >= 0.6 is 0 Å². The lowest BCUT2D eigenvalue weighted by Gasteiger charge is -2.16. The summed E-state index contributed by atoms with van der Waals surface area (Å²) in [5.74, 6) is 0.719. The molecule has 0 spiro atoms. The van der Waals surface area contributed by atoms with Crippen LogP contribution in [-0.4, -0.2) is 9.68 Å². The minimum atomic E-state index is 0.719. The first kappa shape index (κ1) is 18.0. The molecule has 1 radical (unpaired) electrons. The van der Waals surface area contributed by atoms with Gasteiger partial charge in [0.15, 0.2) is 0 Å². The minimum absolute atomic E-state index is 0.719. The molecule has 1 heteroatoms. The molecule has 0 aliphatic carbocycles. The average molecular weight is 322 g/mol. The molecule has 2 aromatic carbocycles. The first-order valence-corrected chi connectivity index (χ1v) is 9.73. The van der Waals surface area contributed by atoms with Crippen LogP contribution in [0.15, 0.2) is 42.5 Å². The fraction of sp³-hybridized carbons (Fsp3) is 0.500. The van der Waals surface area contributed by atoms with Gasteiger partial charge in [-0.25, -0.2) is 0 Å². The van der Waals surface area contributed by atoms with Crippen molar-refractivity contribution in [3.05, 3.63) is 48.0 Å². The van der Waals surface area contributed by atoms with Crippen molar-refractivity contribution in [2.24, 2.45) is 0 Å². The lowest BCUT2D eigenvalue weighted by molar-refractivity contribution is 0.528. The highest BCUT2D eigenvalue weighted by molar-refractivity contribution is 5.95. The van der Waals surface area contributed by atoms with Crippen molar-refractivity contribution in [2.75, 3.05) is 0 Å². The highest BCUT2D eigenvalue weighted by atomic mass is 28.1. The molecule has 0 saturated carbocycles. The van der Waals surface area contributed by atoms with Crippen LogP contribution in [-0.2, 0) is 0 Å².